The minimum Gasteiger partial charge on any atom is -0.276 e. The first kappa shape index (κ1) is 19.6. The second-order valence-corrected chi connectivity index (χ2v) is 8.07. The molecule has 0 saturated heterocycles. The molecule has 0 spiro atoms. The highest BCUT2D eigenvalue weighted by Crippen LogP contribution is 2.17. The molecule has 0 aliphatic rings. The van der Waals surface area contributed by atoms with E-state index < -0.39 is 15.9 Å². The third kappa shape index (κ3) is 4.78. The van der Waals surface area contributed by atoms with Gasteiger partial charge >= 0.3 is 0 Å². The molecule has 0 fully saturated rings. The molecule has 146 valence electrons. The summed E-state index contributed by atoms with van der Waals surface area (Å²) in [5, 5.41) is 11.8. The highest BCUT2D eigenvalue weighted by Gasteiger charge is 2.16. The molecule has 0 bridgehead atoms. The van der Waals surface area contributed by atoms with Crippen LogP contribution in [0.25, 0.3) is 11.4 Å². The van der Waals surface area contributed by atoms with Crippen LogP contribution >= 0.6 is 0 Å². The highest BCUT2D eigenvalue weighted by molar-refractivity contribution is 7.89. The maximum absolute atomic E-state index is 12.3. The van der Waals surface area contributed by atoms with E-state index in [9.17, 15) is 13.2 Å². The molecular formula is C18H20N6O3S. The molecule has 1 amide bonds. The first-order chi connectivity index (χ1) is 13.3. The minimum absolute atomic E-state index is 0.0578. The number of benzene rings is 2. The van der Waals surface area contributed by atoms with Gasteiger partial charge in [-0.15, -0.1) is 15.0 Å². The lowest BCUT2D eigenvalue weighted by molar-refractivity contribution is -0.122. The Morgan fingerprint density at radius 1 is 1.07 bits per heavy atom. The van der Waals surface area contributed by atoms with E-state index >= 15 is 0 Å². The van der Waals surface area contributed by atoms with E-state index in [1.54, 1.807) is 12.1 Å². The molecule has 0 saturated carbocycles. The fraction of sp³-hybridized carbons (Fsp3) is 0.222. The number of hydrogen-bond acceptors (Lipinski definition) is 6. The van der Waals surface area contributed by atoms with Gasteiger partial charge in [0.1, 0.15) is 6.54 Å². The number of carbonyl (C=O) groups is 1. The van der Waals surface area contributed by atoms with Crippen LogP contribution in [0.3, 0.4) is 0 Å². The molecule has 0 unspecified atom stereocenters. The van der Waals surface area contributed by atoms with Gasteiger partial charge in [-0.3, -0.25) is 10.2 Å². The predicted molar refractivity (Wildman–Crippen MR) is 102 cm³/mol. The van der Waals surface area contributed by atoms with Gasteiger partial charge in [0.05, 0.1) is 4.90 Å². The molecule has 10 heteroatoms. The molecule has 0 aliphatic heterocycles. The Hall–Kier alpha value is -3.11. The van der Waals surface area contributed by atoms with E-state index in [2.05, 4.69) is 25.7 Å². The van der Waals surface area contributed by atoms with Crippen molar-refractivity contribution in [2.75, 3.05) is 0 Å². The van der Waals surface area contributed by atoms with Crippen molar-refractivity contribution in [3.63, 3.8) is 0 Å². The van der Waals surface area contributed by atoms with Gasteiger partial charge < -0.3 is 0 Å². The van der Waals surface area contributed by atoms with Crippen molar-refractivity contribution in [1.82, 2.24) is 30.5 Å². The van der Waals surface area contributed by atoms with Crippen molar-refractivity contribution < 1.29 is 13.2 Å². The van der Waals surface area contributed by atoms with Gasteiger partial charge in [0, 0.05) is 5.56 Å². The molecule has 0 radical (unpaired) electrons. The fourth-order valence-electron chi connectivity index (χ4n) is 2.40. The van der Waals surface area contributed by atoms with Crippen molar-refractivity contribution in [3.05, 3.63) is 60.2 Å². The predicted octanol–water partition coefficient (Wildman–Crippen LogP) is 1.47. The lowest BCUT2D eigenvalue weighted by Gasteiger charge is -2.10. The monoisotopic (exact) mass is 400 g/mol. The van der Waals surface area contributed by atoms with E-state index in [1.165, 1.54) is 12.1 Å². The molecule has 0 atom stereocenters. The summed E-state index contributed by atoms with van der Waals surface area (Å²) >= 11 is 0. The van der Waals surface area contributed by atoms with Gasteiger partial charge in [-0.05, 0) is 28.8 Å². The Morgan fingerprint density at radius 3 is 2.39 bits per heavy atom. The van der Waals surface area contributed by atoms with Crippen LogP contribution in [0.4, 0.5) is 0 Å². The van der Waals surface area contributed by atoms with Crippen LogP contribution < -0.4 is 10.3 Å². The van der Waals surface area contributed by atoms with E-state index in [1.807, 2.05) is 44.2 Å². The van der Waals surface area contributed by atoms with Crippen LogP contribution in [-0.4, -0.2) is 34.5 Å². The molecular weight excluding hydrogens is 380 g/mol. The number of rotatable bonds is 7. The van der Waals surface area contributed by atoms with Crippen molar-refractivity contribution in [2.45, 2.75) is 31.2 Å². The van der Waals surface area contributed by atoms with Crippen molar-refractivity contribution in [3.8, 4) is 11.4 Å². The maximum Gasteiger partial charge on any atom is 0.258 e. The molecule has 3 aromatic rings. The van der Waals surface area contributed by atoms with Crippen molar-refractivity contribution >= 4 is 15.9 Å². The first-order valence-corrected chi connectivity index (χ1v) is 10.1. The number of carbonyl (C=O) groups excluding carboxylic acids is 1. The molecule has 2 aromatic carbocycles. The number of sulfonamides is 1. The number of hydrogen-bond donors (Lipinski definition) is 2. The van der Waals surface area contributed by atoms with E-state index in [0.717, 1.165) is 15.9 Å². The minimum atomic E-state index is -3.88. The van der Waals surface area contributed by atoms with E-state index in [-0.39, 0.29) is 11.4 Å². The number of aromatic nitrogens is 4. The largest absolute Gasteiger partial charge is 0.276 e. The number of nitrogens with one attached hydrogen (secondary N) is 2. The Kier molecular flexibility index (Phi) is 5.81. The number of nitrogens with zero attached hydrogens (tertiary/aromatic N) is 4. The summed E-state index contributed by atoms with van der Waals surface area (Å²) in [7, 11) is -3.88. The third-order valence-corrected chi connectivity index (χ3v) is 5.22. The summed E-state index contributed by atoms with van der Waals surface area (Å²) in [6.07, 6.45) is 0. The molecule has 0 aliphatic carbocycles. The third-order valence-electron chi connectivity index (χ3n) is 3.95. The molecule has 2 N–H and O–H groups in total. The first-order valence-electron chi connectivity index (χ1n) is 8.59. The zero-order valence-corrected chi connectivity index (χ0v) is 16.2. The zero-order chi connectivity index (χ0) is 20.1. The summed E-state index contributed by atoms with van der Waals surface area (Å²) in [5.41, 5.74) is 3.94. The van der Waals surface area contributed by atoms with Crippen LogP contribution in [0.15, 0.2) is 59.5 Å². The van der Waals surface area contributed by atoms with Crippen LogP contribution in [0, 0.1) is 0 Å². The summed E-state index contributed by atoms with van der Waals surface area (Å²) in [4.78, 5) is 15.2. The number of amides is 1. The number of tetrazole rings is 1. The Morgan fingerprint density at radius 2 is 1.75 bits per heavy atom. The summed E-state index contributed by atoms with van der Waals surface area (Å²) in [5.74, 6) is 0.0407. The molecule has 1 aromatic heterocycles. The van der Waals surface area contributed by atoms with Crippen LogP contribution in [0.2, 0.25) is 0 Å². The normalized spacial score (nSPS) is 11.5. The topological polar surface area (TPSA) is 119 Å². The van der Waals surface area contributed by atoms with Crippen LogP contribution in [0.5, 0.6) is 0 Å². The smallest absolute Gasteiger partial charge is 0.258 e. The lowest BCUT2D eigenvalue weighted by atomic mass is 10.0. The zero-order valence-electron chi connectivity index (χ0n) is 15.4. The highest BCUT2D eigenvalue weighted by atomic mass is 32.2. The van der Waals surface area contributed by atoms with E-state index in [0.29, 0.717) is 11.7 Å². The molecule has 28 heavy (non-hydrogen) atoms. The Bertz CT molecular complexity index is 1050. The summed E-state index contributed by atoms with van der Waals surface area (Å²) in [6, 6.07) is 15.7. The van der Waals surface area contributed by atoms with Gasteiger partial charge in [0.2, 0.25) is 5.82 Å². The second-order valence-electron chi connectivity index (χ2n) is 6.39. The van der Waals surface area contributed by atoms with Gasteiger partial charge in [-0.1, -0.05) is 56.3 Å². The number of hydrazine groups is 1. The van der Waals surface area contributed by atoms with E-state index in [4.69, 9.17) is 0 Å². The molecule has 1 heterocycles. The fourth-order valence-corrected chi connectivity index (χ4v) is 3.26. The quantitative estimate of drug-likeness (QED) is 0.580. The average molecular weight is 400 g/mol. The molecule has 9 nitrogen and oxygen atoms in total. The summed E-state index contributed by atoms with van der Waals surface area (Å²) in [6.45, 7) is 3.75. The van der Waals surface area contributed by atoms with Gasteiger partial charge in [0.25, 0.3) is 15.9 Å². The van der Waals surface area contributed by atoms with Gasteiger partial charge in [-0.25, -0.2) is 8.42 Å². The average Bonchev–Trinajstić information content (AvgIpc) is 3.16. The lowest BCUT2D eigenvalue weighted by Crippen LogP contribution is -2.43. The standard InChI is InChI=1S/C18H20N6O3S/c1-13(2)14-8-10-16(11-9-14)28(26,27)23-19-17(25)12-24-21-18(20-22-24)15-6-4-3-5-7-15/h3-11,13,23H,12H2,1-2H3,(H,19,25). The second kappa shape index (κ2) is 8.28. The Balaban J connectivity index is 1.58. The van der Waals surface area contributed by atoms with Gasteiger partial charge in [0.15, 0.2) is 0 Å². The van der Waals surface area contributed by atoms with Crippen molar-refractivity contribution in [1.29, 1.82) is 0 Å². The van der Waals surface area contributed by atoms with Crippen LogP contribution in [-0.2, 0) is 21.4 Å². The SMILES string of the molecule is CC(C)c1ccc(S(=O)(=O)NNC(=O)Cn2nnc(-c3ccccc3)n2)cc1. The maximum atomic E-state index is 12.3. The van der Waals surface area contributed by atoms with Crippen LogP contribution in [0.1, 0.15) is 25.3 Å². The van der Waals surface area contributed by atoms with Crippen molar-refractivity contribution in [2.24, 2.45) is 0 Å². The summed E-state index contributed by atoms with van der Waals surface area (Å²) < 4.78 is 24.6. The Labute approximate surface area is 162 Å². The molecule has 3 rings (SSSR count). The van der Waals surface area contributed by atoms with Gasteiger partial charge in [-0.2, -0.15) is 4.80 Å².